The first-order valence-electron chi connectivity index (χ1n) is 8.59. The maximum absolute atomic E-state index is 3.63. The van der Waals surface area contributed by atoms with Crippen molar-refractivity contribution in [3.8, 4) is 0 Å². The molecule has 4 heteroatoms. The van der Waals surface area contributed by atoms with Gasteiger partial charge in [-0.1, -0.05) is 59.3 Å². The van der Waals surface area contributed by atoms with Crippen LogP contribution in [0.1, 0.15) is 59.8 Å². The molecule has 0 nitrogen and oxygen atoms in total. The summed E-state index contributed by atoms with van der Waals surface area (Å²) in [5.74, 6) is 0.634. The number of hydrogen-bond acceptors (Lipinski definition) is 0. The van der Waals surface area contributed by atoms with E-state index in [1.165, 1.54) is 47.8 Å². The van der Waals surface area contributed by atoms with Crippen LogP contribution in [0.3, 0.4) is 0 Å². The molecule has 0 N–H and O–H groups in total. The Hall–Kier alpha value is 0.627. The Morgan fingerprint density at radius 1 is 1.08 bits per heavy atom. The van der Waals surface area contributed by atoms with Gasteiger partial charge in [-0.2, -0.15) is 17.2 Å². The Bertz CT molecular complexity index is 448. The third kappa shape index (κ3) is 12.1. The number of hydrogen-bond donors (Lipinski definition) is 0. The van der Waals surface area contributed by atoms with Crippen molar-refractivity contribution in [1.29, 1.82) is 0 Å². The summed E-state index contributed by atoms with van der Waals surface area (Å²) in [7, 11) is 0. The van der Waals surface area contributed by atoms with Gasteiger partial charge in [-0.25, -0.2) is 17.7 Å². The molecule has 2 aliphatic carbocycles. The van der Waals surface area contributed by atoms with E-state index >= 15 is 0 Å². The van der Waals surface area contributed by atoms with E-state index in [4.69, 9.17) is 0 Å². The first kappa shape index (κ1) is 29.4. The fraction of sp³-hybridized carbons (Fsp3) is 0.600. The van der Waals surface area contributed by atoms with Gasteiger partial charge in [0.2, 0.25) is 0 Å². The summed E-state index contributed by atoms with van der Waals surface area (Å²) in [5.41, 5.74) is 5.01. The van der Waals surface area contributed by atoms with E-state index < -0.39 is 0 Å². The molecule has 1 unspecified atom stereocenters. The van der Waals surface area contributed by atoms with Gasteiger partial charge < -0.3 is 24.8 Å². The molecule has 2 rings (SSSR count). The molecule has 136 valence electrons. The van der Waals surface area contributed by atoms with Crippen molar-refractivity contribution in [2.24, 2.45) is 5.92 Å². The first-order valence-corrected chi connectivity index (χ1v) is 16.5. The van der Waals surface area contributed by atoms with Crippen LogP contribution in [-0.4, -0.2) is 5.49 Å². The molecule has 0 aromatic rings. The van der Waals surface area contributed by atoms with Gasteiger partial charge >= 0.3 is 41.6 Å². The molecule has 0 spiro atoms. The molecule has 24 heavy (non-hydrogen) atoms. The molecule has 1 atom stereocenters. The van der Waals surface area contributed by atoms with Crippen LogP contribution < -0.4 is 24.8 Å². The van der Waals surface area contributed by atoms with Crippen molar-refractivity contribution in [2.75, 3.05) is 0 Å². The van der Waals surface area contributed by atoms with Gasteiger partial charge in [0.15, 0.2) is 0 Å². The van der Waals surface area contributed by atoms with Gasteiger partial charge in [-0.3, -0.25) is 12.2 Å². The minimum absolute atomic E-state index is 0. The van der Waals surface area contributed by atoms with Crippen molar-refractivity contribution in [2.45, 2.75) is 72.9 Å². The average Bonchev–Trinajstić information content (AvgIpc) is 3.16. The van der Waals surface area contributed by atoms with Gasteiger partial charge in [-0.05, 0) is 0 Å². The number of rotatable bonds is 4. The minimum atomic E-state index is 0. The van der Waals surface area contributed by atoms with Gasteiger partial charge in [0, 0.05) is 0 Å². The molecule has 0 aromatic heterocycles. The Morgan fingerprint density at radius 3 is 1.92 bits per heavy atom. The van der Waals surface area contributed by atoms with Crippen molar-refractivity contribution >= 4 is 5.49 Å². The van der Waals surface area contributed by atoms with E-state index in [-0.39, 0.29) is 30.3 Å². The topological polar surface area (TPSA) is 0 Å². The summed E-state index contributed by atoms with van der Waals surface area (Å²) < 4.78 is 0. The van der Waals surface area contributed by atoms with Crippen LogP contribution in [0.15, 0.2) is 34.9 Å². The predicted molar refractivity (Wildman–Crippen MR) is 97.5 cm³/mol. The second-order valence-corrected chi connectivity index (χ2v) is 18.4. The average molecular weight is 550 g/mol. The molecule has 0 heterocycles. The van der Waals surface area contributed by atoms with E-state index in [0.717, 1.165) is 12.8 Å². The van der Waals surface area contributed by atoms with Gasteiger partial charge in [0.25, 0.3) is 0 Å². The third-order valence-electron chi connectivity index (χ3n) is 3.60. The van der Waals surface area contributed by atoms with E-state index in [1.807, 2.05) is 12.2 Å². The van der Waals surface area contributed by atoms with Crippen LogP contribution in [0.25, 0.3) is 0 Å². The van der Waals surface area contributed by atoms with E-state index in [9.17, 15) is 0 Å². The predicted octanol–water partition coefficient (Wildman–Crippen LogP) is 0.380. The summed E-state index contributed by atoms with van der Waals surface area (Å²) in [6, 6.07) is 0. The molecule has 0 aromatic carbocycles. The zero-order valence-electron chi connectivity index (χ0n) is 16.1. The monoisotopic (exact) mass is 550 g/mol. The third-order valence-corrected chi connectivity index (χ3v) is 3.60. The zero-order valence-corrected chi connectivity index (χ0v) is 22.2. The smallest absolute Gasteiger partial charge is 0.109 e. The van der Waals surface area contributed by atoms with Crippen molar-refractivity contribution in [1.82, 2.24) is 0 Å². The zero-order chi connectivity index (χ0) is 17.0. The summed E-state index contributed by atoms with van der Waals surface area (Å²) in [6.07, 6.45) is 18.4. The number of halogens is 2. The van der Waals surface area contributed by atoms with Gasteiger partial charge in [-0.15, -0.1) is 6.42 Å². The maximum atomic E-state index is 3.63. The Balaban J connectivity index is -0.000000335. The maximum Gasteiger partial charge on any atom is -0.109 e. The molecular weight excluding hydrogens is 518 g/mol. The van der Waals surface area contributed by atoms with Crippen LogP contribution >= 0.6 is 0 Å². The molecule has 0 bridgehead atoms. The van der Waals surface area contributed by atoms with Crippen molar-refractivity contribution < 1.29 is 47.8 Å². The van der Waals surface area contributed by atoms with E-state index in [0.29, 0.717) is 5.92 Å². The molecule has 0 radical (unpaired) electrons. The Morgan fingerprint density at radius 2 is 1.67 bits per heavy atom. The molecule has 0 amide bonds. The molecule has 0 fully saturated rings. The van der Waals surface area contributed by atoms with Gasteiger partial charge in [0.1, 0.15) is 0 Å². The SMILES string of the molecule is CCC1=[C-]C(CC)C(CC)=C1CC.C[Si](C)=[Hf+2].[C-]1=CC=CC1.[Cl-].[Cl-]. The standard InChI is InChI=1S/C13H21.C5H5.C2H6Si.2ClH.Hf/c1-5-10-9-11(6-2)13(8-4)12(10)7-3;1-2-4-5-3-1;1-3-2;;;/h10H,5-8H2,1-4H3;1-3H,4H2;1-2H3;2*1H;/q2*-1;;;;+2/p-2. The summed E-state index contributed by atoms with van der Waals surface area (Å²) in [6.45, 7) is 13.7. The Kier molecular flexibility index (Phi) is 22.6. The minimum Gasteiger partial charge on any atom is -1.00 e. The van der Waals surface area contributed by atoms with Crippen LogP contribution in [0.5, 0.6) is 0 Å². The normalized spacial score (nSPS) is 17.0. The molecule has 0 saturated heterocycles. The molecule has 0 saturated carbocycles. The van der Waals surface area contributed by atoms with E-state index in [1.54, 1.807) is 11.1 Å². The summed E-state index contributed by atoms with van der Waals surface area (Å²) in [5, 5.41) is 0. The van der Waals surface area contributed by atoms with Crippen LogP contribution in [0.4, 0.5) is 0 Å². The van der Waals surface area contributed by atoms with Crippen molar-refractivity contribution in [3.63, 3.8) is 0 Å². The van der Waals surface area contributed by atoms with Crippen LogP contribution in [0, 0.1) is 18.1 Å². The van der Waals surface area contributed by atoms with Crippen LogP contribution in [0.2, 0.25) is 13.1 Å². The molecule has 2 aliphatic rings. The Labute approximate surface area is 178 Å². The van der Waals surface area contributed by atoms with Crippen LogP contribution in [-0.2, 0) is 23.0 Å². The fourth-order valence-corrected chi connectivity index (χ4v) is 2.69. The molecular formula is C20H32Cl2HfSi-2. The van der Waals surface area contributed by atoms with Crippen molar-refractivity contribution in [3.05, 3.63) is 47.1 Å². The van der Waals surface area contributed by atoms with Gasteiger partial charge in [0.05, 0.1) is 0 Å². The van der Waals surface area contributed by atoms with E-state index in [2.05, 4.69) is 59.0 Å². The second-order valence-electron chi connectivity index (χ2n) is 5.65. The largest absolute Gasteiger partial charge is 1.00 e. The number of allylic oxidation sites excluding steroid dienone is 8. The summed E-state index contributed by atoms with van der Waals surface area (Å²) in [4.78, 5) is 0. The second kappa shape index (κ2) is 18.4. The molecule has 0 aliphatic heterocycles. The first-order chi connectivity index (χ1) is 10.5. The fourth-order valence-electron chi connectivity index (χ4n) is 2.69. The quantitative estimate of drug-likeness (QED) is 0.352. The summed E-state index contributed by atoms with van der Waals surface area (Å²) >= 11 is 1.45.